The summed E-state index contributed by atoms with van der Waals surface area (Å²) in [6, 6.07) is 7.16. The largest absolute Gasteiger partial charge is 0.265 e. The van der Waals surface area contributed by atoms with E-state index in [4.69, 9.17) is 11.6 Å². The molecule has 1 rings (SSSR count). The van der Waals surface area contributed by atoms with E-state index in [1.54, 1.807) is 18.2 Å². The predicted molar refractivity (Wildman–Crippen MR) is 51.7 cm³/mol. The van der Waals surface area contributed by atoms with E-state index < -0.39 is 0 Å². The zero-order valence-electron chi connectivity index (χ0n) is 7.24. The fourth-order valence-electron chi connectivity index (χ4n) is 1.14. The van der Waals surface area contributed by atoms with Gasteiger partial charge in [-0.05, 0) is 17.7 Å². The number of nitro groups is 1. The van der Waals surface area contributed by atoms with Gasteiger partial charge in [0.1, 0.15) is 0 Å². The second kappa shape index (κ2) is 4.23. The molecular formula is C9H10ClNO2. The quantitative estimate of drug-likeness (QED) is 0.555. The van der Waals surface area contributed by atoms with E-state index in [1.165, 1.54) is 0 Å². The molecule has 0 heterocycles. The van der Waals surface area contributed by atoms with Crippen LogP contribution in [0.15, 0.2) is 24.3 Å². The summed E-state index contributed by atoms with van der Waals surface area (Å²) < 4.78 is 0. The first-order chi connectivity index (χ1) is 6.09. The zero-order chi connectivity index (χ0) is 9.84. The molecule has 3 nitrogen and oxygen atoms in total. The van der Waals surface area contributed by atoms with Crippen molar-refractivity contribution in [3.05, 3.63) is 45.0 Å². The minimum absolute atomic E-state index is 0.0552. The van der Waals surface area contributed by atoms with Crippen molar-refractivity contribution in [3.8, 4) is 0 Å². The van der Waals surface area contributed by atoms with Gasteiger partial charge in [0.05, 0.1) is 0 Å². The third-order valence-electron chi connectivity index (χ3n) is 1.84. The molecule has 1 aromatic rings. The Morgan fingerprint density at radius 1 is 1.62 bits per heavy atom. The van der Waals surface area contributed by atoms with Crippen LogP contribution in [0.4, 0.5) is 0 Å². The Labute approximate surface area is 81.5 Å². The Hall–Kier alpha value is -1.09. The molecule has 0 aliphatic carbocycles. The van der Waals surface area contributed by atoms with Crippen molar-refractivity contribution in [2.45, 2.75) is 12.8 Å². The highest BCUT2D eigenvalue weighted by Gasteiger charge is 2.11. The summed E-state index contributed by atoms with van der Waals surface area (Å²) in [6.07, 6.45) is 0. The molecule has 0 unspecified atom stereocenters. The van der Waals surface area contributed by atoms with Gasteiger partial charge in [0.25, 0.3) is 0 Å². The molecule has 0 aromatic heterocycles. The van der Waals surface area contributed by atoms with Crippen LogP contribution in [-0.2, 0) is 0 Å². The summed E-state index contributed by atoms with van der Waals surface area (Å²) in [6.45, 7) is 1.76. The molecule has 13 heavy (non-hydrogen) atoms. The van der Waals surface area contributed by atoms with Crippen LogP contribution < -0.4 is 0 Å². The molecule has 1 aromatic carbocycles. The van der Waals surface area contributed by atoms with Crippen molar-refractivity contribution in [2.75, 3.05) is 6.54 Å². The van der Waals surface area contributed by atoms with Crippen LogP contribution in [0.2, 0.25) is 5.02 Å². The summed E-state index contributed by atoms with van der Waals surface area (Å²) in [5.74, 6) is -0.0892. The number of benzene rings is 1. The highest BCUT2D eigenvalue weighted by Crippen LogP contribution is 2.19. The maximum atomic E-state index is 10.2. The van der Waals surface area contributed by atoms with Gasteiger partial charge >= 0.3 is 0 Å². The average molecular weight is 200 g/mol. The summed E-state index contributed by atoms with van der Waals surface area (Å²) in [4.78, 5) is 9.93. The van der Waals surface area contributed by atoms with E-state index in [0.717, 1.165) is 5.56 Å². The topological polar surface area (TPSA) is 43.1 Å². The van der Waals surface area contributed by atoms with Gasteiger partial charge in [-0.15, -0.1) is 0 Å². The fraction of sp³-hybridized carbons (Fsp3) is 0.333. The summed E-state index contributed by atoms with van der Waals surface area (Å²) >= 11 is 5.76. The molecule has 0 aliphatic rings. The fourth-order valence-corrected chi connectivity index (χ4v) is 1.34. The molecule has 1 atom stereocenters. The zero-order valence-corrected chi connectivity index (χ0v) is 7.99. The number of rotatable bonds is 3. The first-order valence-electron chi connectivity index (χ1n) is 3.97. The van der Waals surface area contributed by atoms with Crippen molar-refractivity contribution in [3.63, 3.8) is 0 Å². The predicted octanol–water partition coefficient (Wildman–Crippen LogP) is 2.72. The van der Waals surface area contributed by atoms with Crippen LogP contribution in [0.3, 0.4) is 0 Å². The van der Waals surface area contributed by atoms with E-state index >= 15 is 0 Å². The molecule has 0 amide bonds. The molecule has 0 aliphatic heterocycles. The molecular weight excluding hydrogens is 190 g/mol. The van der Waals surface area contributed by atoms with Crippen LogP contribution in [0, 0.1) is 10.1 Å². The van der Waals surface area contributed by atoms with Crippen LogP contribution in [0.25, 0.3) is 0 Å². The molecule has 0 spiro atoms. The van der Waals surface area contributed by atoms with E-state index in [9.17, 15) is 10.1 Å². The Bertz CT molecular complexity index is 314. The standard InChI is InChI=1S/C9H10ClNO2/c1-7(6-11(12)13)8-3-2-4-9(10)5-8/h2-5,7H,6H2,1H3/t7-/m0/s1. The van der Waals surface area contributed by atoms with Crippen LogP contribution in [0.1, 0.15) is 18.4 Å². The monoisotopic (exact) mass is 199 g/mol. The lowest BCUT2D eigenvalue weighted by molar-refractivity contribution is -0.482. The molecule has 4 heteroatoms. The minimum Gasteiger partial charge on any atom is -0.265 e. The Balaban J connectivity index is 2.76. The van der Waals surface area contributed by atoms with Gasteiger partial charge in [-0.25, -0.2) is 0 Å². The molecule has 0 saturated heterocycles. The van der Waals surface area contributed by atoms with E-state index in [1.807, 2.05) is 13.0 Å². The van der Waals surface area contributed by atoms with Gasteiger partial charge in [0.2, 0.25) is 6.54 Å². The van der Waals surface area contributed by atoms with Crippen molar-refractivity contribution in [1.82, 2.24) is 0 Å². The normalized spacial score (nSPS) is 12.5. The summed E-state index contributed by atoms with van der Waals surface area (Å²) in [7, 11) is 0. The average Bonchev–Trinajstić information content (AvgIpc) is 2.03. The number of hydrogen-bond acceptors (Lipinski definition) is 2. The lowest BCUT2D eigenvalue weighted by Crippen LogP contribution is -2.09. The van der Waals surface area contributed by atoms with Gasteiger partial charge in [-0.1, -0.05) is 30.7 Å². The Morgan fingerprint density at radius 3 is 2.85 bits per heavy atom. The summed E-state index contributed by atoms with van der Waals surface area (Å²) in [5.41, 5.74) is 0.907. The van der Waals surface area contributed by atoms with E-state index in [2.05, 4.69) is 0 Å². The Kier molecular flexibility index (Phi) is 3.25. The van der Waals surface area contributed by atoms with Gasteiger partial charge in [0.15, 0.2) is 0 Å². The van der Waals surface area contributed by atoms with Crippen molar-refractivity contribution >= 4 is 11.6 Å². The highest BCUT2D eigenvalue weighted by molar-refractivity contribution is 6.30. The smallest absolute Gasteiger partial charge is 0.210 e. The van der Waals surface area contributed by atoms with Crippen molar-refractivity contribution in [2.24, 2.45) is 0 Å². The molecule has 70 valence electrons. The minimum atomic E-state index is -0.314. The van der Waals surface area contributed by atoms with Gasteiger partial charge in [-0.3, -0.25) is 10.1 Å². The van der Waals surface area contributed by atoms with Gasteiger partial charge in [-0.2, -0.15) is 0 Å². The van der Waals surface area contributed by atoms with Gasteiger partial charge in [0, 0.05) is 15.9 Å². The highest BCUT2D eigenvalue weighted by atomic mass is 35.5. The third kappa shape index (κ3) is 3.03. The Morgan fingerprint density at radius 2 is 2.31 bits per heavy atom. The first kappa shape index (κ1) is 9.99. The van der Waals surface area contributed by atoms with Crippen LogP contribution in [0.5, 0.6) is 0 Å². The second-order valence-corrected chi connectivity index (χ2v) is 3.41. The maximum Gasteiger partial charge on any atom is 0.210 e. The lowest BCUT2D eigenvalue weighted by atomic mass is 10.0. The molecule has 0 fully saturated rings. The molecule has 0 N–H and O–H groups in total. The van der Waals surface area contributed by atoms with Crippen molar-refractivity contribution < 1.29 is 4.92 Å². The van der Waals surface area contributed by atoms with E-state index in [0.29, 0.717) is 5.02 Å². The third-order valence-corrected chi connectivity index (χ3v) is 2.08. The molecule has 0 bridgehead atoms. The van der Waals surface area contributed by atoms with E-state index in [-0.39, 0.29) is 17.4 Å². The molecule has 0 radical (unpaired) electrons. The SMILES string of the molecule is C[C@@H](C[N+](=O)[O-])c1cccc(Cl)c1. The summed E-state index contributed by atoms with van der Waals surface area (Å²) in [5, 5.41) is 10.9. The van der Waals surface area contributed by atoms with Gasteiger partial charge < -0.3 is 0 Å². The number of nitrogens with zero attached hydrogens (tertiary/aromatic N) is 1. The van der Waals surface area contributed by atoms with Crippen LogP contribution in [-0.4, -0.2) is 11.5 Å². The lowest BCUT2D eigenvalue weighted by Gasteiger charge is -2.06. The van der Waals surface area contributed by atoms with Crippen LogP contribution >= 0.6 is 11.6 Å². The second-order valence-electron chi connectivity index (χ2n) is 2.97. The number of hydrogen-bond donors (Lipinski definition) is 0. The molecule has 0 saturated carbocycles. The first-order valence-corrected chi connectivity index (χ1v) is 4.34. The van der Waals surface area contributed by atoms with Crippen molar-refractivity contribution in [1.29, 1.82) is 0 Å². The number of halogens is 1. The maximum absolute atomic E-state index is 10.2.